The van der Waals surface area contributed by atoms with Crippen molar-refractivity contribution < 1.29 is 20.1 Å². The summed E-state index contributed by atoms with van der Waals surface area (Å²) in [5, 5.41) is 30.0. The highest BCUT2D eigenvalue weighted by atomic mass is 16.3. The summed E-state index contributed by atoms with van der Waals surface area (Å²) in [5.74, 6) is 3.11. The molecular formula is C20H30O4. The molecule has 0 aromatic heterocycles. The number of Topliss-reactive ketones (excluding diaryl/α,β-unsaturated/α-hetero) is 1. The average Bonchev–Trinajstić information content (AvgIpc) is 2.47. The van der Waals surface area contributed by atoms with Crippen LogP contribution in [0.25, 0.3) is 0 Å². The third kappa shape index (κ3) is 2.40. The summed E-state index contributed by atoms with van der Waals surface area (Å²) in [6, 6.07) is 0. The van der Waals surface area contributed by atoms with Crippen molar-refractivity contribution in [1.29, 1.82) is 0 Å². The molecule has 134 valence electrons. The highest BCUT2D eigenvalue weighted by Gasteiger charge is 2.55. The number of aliphatic hydroxyl groups excluding tert-OH is 1. The van der Waals surface area contributed by atoms with E-state index >= 15 is 0 Å². The van der Waals surface area contributed by atoms with Crippen LogP contribution in [0.3, 0.4) is 0 Å². The normalized spacial score (nSPS) is 59.5. The second-order valence-corrected chi connectivity index (χ2v) is 10.2. The smallest absolute Gasteiger partial charge is 0.139 e. The largest absolute Gasteiger partial charge is 0.393 e. The summed E-state index contributed by atoms with van der Waals surface area (Å²) in [5.41, 5.74) is -0.819. The summed E-state index contributed by atoms with van der Waals surface area (Å²) < 4.78 is 0. The number of ketones is 1. The van der Waals surface area contributed by atoms with Crippen molar-refractivity contribution in [3.05, 3.63) is 0 Å². The number of aliphatic hydroxyl groups is 3. The fourth-order valence-electron chi connectivity index (χ4n) is 7.66. The van der Waals surface area contributed by atoms with Crippen LogP contribution in [0.1, 0.15) is 64.2 Å². The third-order valence-corrected chi connectivity index (χ3v) is 8.15. The number of hydrogen-bond donors (Lipinski definition) is 3. The van der Waals surface area contributed by atoms with Gasteiger partial charge in [0.15, 0.2) is 0 Å². The van der Waals surface area contributed by atoms with Gasteiger partial charge in [0.25, 0.3) is 0 Å². The maximum absolute atomic E-state index is 11.6. The van der Waals surface area contributed by atoms with Crippen molar-refractivity contribution in [3.8, 4) is 0 Å². The summed E-state index contributed by atoms with van der Waals surface area (Å²) in [6.45, 7) is 0. The van der Waals surface area contributed by atoms with E-state index in [2.05, 4.69) is 0 Å². The van der Waals surface area contributed by atoms with Crippen molar-refractivity contribution in [2.24, 2.45) is 35.5 Å². The zero-order valence-electron chi connectivity index (χ0n) is 14.4. The summed E-state index contributed by atoms with van der Waals surface area (Å²) >= 11 is 0. The molecule has 0 amide bonds. The number of carbonyl (C=O) groups is 1. The molecule has 8 fully saturated rings. The molecule has 0 radical (unpaired) electrons. The van der Waals surface area contributed by atoms with E-state index in [1.165, 1.54) is 12.8 Å². The van der Waals surface area contributed by atoms with E-state index in [0.29, 0.717) is 23.5 Å². The molecule has 4 heteroatoms. The van der Waals surface area contributed by atoms with Gasteiger partial charge in [-0.2, -0.15) is 0 Å². The highest BCUT2D eigenvalue weighted by molar-refractivity contribution is 5.85. The van der Waals surface area contributed by atoms with Gasteiger partial charge in [0.2, 0.25) is 0 Å². The number of hydrogen-bond acceptors (Lipinski definition) is 4. The van der Waals surface area contributed by atoms with Crippen molar-refractivity contribution in [1.82, 2.24) is 0 Å². The number of rotatable bonds is 0. The molecule has 8 aliphatic carbocycles. The Labute approximate surface area is 143 Å². The maximum atomic E-state index is 11.6. The maximum Gasteiger partial charge on any atom is 0.139 e. The van der Waals surface area contributed by atoms with Crippen LogP contribution in [0.4, 0.5) is 0 Å². The molecule has 0 aromatic carbocycles. The molecular weight excluding hydrogens is 304 g/mol. The van der Waals surface area contributed by atoms with Crippen LogP contribution in [0, 0.1) is 35.5 Å². The zero-order chi connectivity index (χ0) is 16.7. The second-order valence-electron chi connectivity index (χ2n) is 10.2. The van der Waals surface area contributed by atoms with Gasteiger partial charge in [0.05, 0.1) is 17.3 Å². The minimum Gasteiger partial charge on any atom is -0.393 e. The highest BCUT2D eigenvalue weighted by Crippen LogP contribution is 2.56. The van der Waals surface area contributed by atoms with Crippen molar-refractivity contribution in [2.75, 3.05) is 0 Å². The summed E-state index contributed by atoms with van der Waals surface area (Å²) in [7, 11) is 0. The fourth-order valence-corrected chi connectivity index (χ4v) is 7.66. The Morgan fingerprint density at radius 3 is 1.62 bits per heavy atom. The fraction of sp³-hybridized carbons (Fsp3) is 0.950. The molecule has 4 unspecified atom stereocenters. The van der Waals surface area contributed by atoms with E-state index in [1.54, 1.807) is 0 Å². The molecule has 0 heterocycles. The van der Waals surface area contributed by atoms with Crippen molar-refractivity contribution >= 4 is 5.78 Å². The first-order chi connectivity index (χ1) is 11.3. The van der Waals surface area contributed by atoms with Crippen LogP contribution < -0.4 is 0 Å². The van der Waals surface area contributed by atoms with Gasteiger partial charge < -0.3 is 15.3 Å². The second kappa shape index (κ2) is 5.05. The van der Waals surface area contributed by atoms with Crippen LogP contribution in [-0.4, -0.2) is 38.4 Å². The monoisotopic (exact) mass is 334 g/mol. The molecule has 3 N–H and O–H groups in total. The van der Waals surface area contributed by atoms with Crippen LogP contribution >= 0.6 is 0 Å². The molecule has 0 aliphatic heterocycles. The van der Waals surface area contributed by atoms with Gasteiger partial charge in [-0.25, -0.2) is 0 Å². The Kier molecular flexibility index (Phi) is 3.32. The molecule has 0 spiro atoms. The first kappa shape index (κ1) is 15.8. The minimum absolute atomic E-state index is 0.0955. The van der Waals surface area contributed by atoms with E-state index < -0.39 is 5.60 Å². The Bertz CT molecular complexity index is 524. The first-order valence-corrected chi connectivity index (χ1v) is 9.99. The third-order valence-electron chi connectivity index (χ3n) is 8.15. The summed E-state index contributed by atoms with van der Waals surface area (Å²) in [4.78, 5) is 11.6. The summed E-state index contributed by atoms with van der Waals surface area (Å²) in [6.07, 6.45) is 9.59. The topological polar surface area (TPSA) is 77.8 Å². The van der Waals surface area contributed by atoms with Crippen LogP contribution in [0.15, 0.2) is 0 Å². The molecule has 24 heavy (non-hydrogen) atoms. The predicted molar refractivity (Wildman–Crippen MR) is 88.0 cm³/mol. The van der Waals surface area contributed by atoms with Gasteiger partial charge in [-0.15, -0.1) is 0 Å². The Morgan fingerprint density at radius 1 is 0.708 bits per heavy atom. The lowest BCUT2D eigenvalue weighted by Gasteiger charge is -2.56. The minimum atomic E-state index is -0.440. The SMILES string of the molecule is O=C1C2CC3CC1CC(O)(C3)C2.OC1C2CC3CC1CC(O)(C3)C2. The molecule has 8 saturated carbocycles. The lowest BCUT2D eigenvalue weighted by molar-refractivity contribution is -0.175. The van der Waals surface area contributed by atoms with Gasteiger partial charge in [-0.1, -0.05) is 0 Å². The van der Waals surface area contributed by atoms with Gasteiger partial charge in [-0.3, -0.25) is 4.79 Å². The zero-order valence-corrected chi connectivity index (χ0v) is 14.4. The van der Waals surface area contributed by atoms with Gasteiger partial charge in [0.1, 0.15) is 5.78 Å². The van der Waals surface area contributed by atoms with E-state index in [4.69, 9.17) is 0 Å². The van der Waals surface area contributed by atoms with E-state index in [9.17, 15) is 20.1 Å². The first-order valence-electron chi connectivity index (χ1n) is 9.99. The van der Waals surface area contributed by atoms with Gasteiger partial charge >= 0.3 is 0 Å². The Balaban J connectivity index is 0.000000109. The molecule has 8 rings (SSSR count). The standard InChI is InChI=1S/C10H16O2.C10H14O2/c2*11-9-7-1-6-2-8(9)5-10(12,3-6)4-7/h6-9,11-12H,1-5H2;6-8,12H,1-5H2. The average molecular weight is 334 g/mol. The lowest BCUT2D eigenvalue weighted by Crippen LogP contribution is -2.56. The van der Waals surface area contributed by atoms with Crippen LogP contribution in [-0.2, 0) is 4.79 Å². The molecule has 8 aliphatic rings. The van der Waals surface area contributed by atoms with Gasteiger partial charge in [-0.05, 0) is 87.9 Å². The van der Waals surface area contributed by atoms with Crippen LogP contribution in [0.2, 0.25) is 0 Å². The molecule has 4 nitrogen and oxygen atoms in total. The van der Waals surface area contributed by atoms with E-state index in [0.717, 1.165) is 57.3 Å². The molecule has 0 saturated heterocycles. The van der Waals surface area contributed by atoms with Crippen molar-refractivity contribution in [2.45, 2.75) is 81.5 Å². The van der Waals surface area contributed by atoms with Crippen LogP contribution in [0.5, 0.6) is 0 Å². The molecule has 4 atom stereocenters. The molecule has 8 bridgehead atoms. The molecule has 0 aromatic rings. The quantitative estimate of drug-likeness (QED) is 0.633. The lowest BCUT2D eigenvalue weighted by atomic mass is 9.53. The van der Waals surface area contributed by atoms with E-state index in [1.807, 2.05) is 0 Å². The van der Waals surface area contributed by atoms with Gasteiger partial charge in [0, 0.05) is 11.8 Å². The van der Waals surface area contributed by atoms with Crippen molar-refractivity contribution in [3.63, 3.8) is 0 Å². The predicted octanol–water partition coefficient (Wildman–Crippen LogP) is 2.04. The Hall–Kier alpha value is -0.450. The number of carbonyl (C=O) groups excluding carboxylic acids is 1. The van der Waals surface area contributed by atoms with E-state index in [-0.39, 0.29) is 23.5 Å². The Morgan fingerprint density at radius 2 is 1.17 bits per heavy atom.